The average Bonchev–Trinajstić information content (AvgIpc) is 2.67. The lowest BCUT2D eigenvalue weighted by Crippen LogP contribution is -1.94. The lowest BCUT2D eigenvalue weighted by Gasteiger charge is -2.08. The Morgan fingerprint density at radius 3 is 2.50 bits per heavy atom. The van der Waals surface area contributed by atoms with Crippen LogP contribution in [0, 0.1) is 23.1 Å². The van der Waals surface area contributed by atoms with E-state index in [1.54, 1.807) is 0 Å². The second-order valence-electron chi connectivity index (χ2n) is 3.89. The minimum absolute atomic E-state index is 0.191. The molecule has 0 spiro atoms. The number of hydrogen-bond acceptors (Lipinski definition) is 1. The predicted molar refractivity (Wildman–Crippen MR) is 52.1 cm³/mol. The Kier molecular flexibility index (Phi) is 2.49. The van der Waals surface area contributed by atoms with E-state index in [-0.39, 0.29) is 11.7 Å². The van der Waals surface area contributed by atoms with Crippen molar-refractivity contribution in [2.24, 2.45) is 5.92 Å². The van der Waals surface area contributed by atoms with Crippen molar-refractivity contribution in [1.82, 2.24) is 0 Å². The maximum absolute atomic E-state index is 12.7. The van der Waals surface area contributed by atoms with Gasteiger partial charge in [0.1, 0.15) is 5.82 Å². The van der Waals surface area contributed by atoms with E-state index in [9.17, 15) is 4.39 Å². The number of rotatable bonds is 1. The molecule has 0 amide bonds. The minimum atomic E-state index is -0.191. The van der Waals surface area contributed by atoms with E-state index < -0.39 is 0 Å². The standard InChI is InChI=1S/C12H12FN/c13-12-5-3-10(4-6-12)11-2-1-9(7-11)8-14/h3-6,9,11H,1-2,7H2. The summed E-state index contributed by atoms with van der Waals surface area (Å²) < 4.78 is 12.7. The van der Waals surface area contributed by atoms with Gasteiger partial charge in [-0.2, -0.15) is 5.26 Å². The van der Waals surface area contributed by atoms with Crippen molar-refractivity contribution in [1.29, 1.82) is 5.26 Å². The van der Waals surface area contributed by atoms with Crippen molar-refractivity contribution in [2.75, 3.05) is 0 Å². The summed E-state index contributed by atoms with van der Waals surface area (Å²) in [5.74, 6) is 0.467. The van der Waals surface area contributed by atoms with Crippen LogP contribution in [0.1, 0.15) is 30.7 Å². The molecule has 1 aromatic rings. The molecule has 0 N–H and O–H groups in total. The smallest absolute Gasteiger partial charge is 0.123 e. The van der Waals surface area contributed by atoms with Crippen LogP contribution in [-0.2, 0) is 0 Å². The zero-order valence-electron chi connectivity index (χ0n) is 7.91. The fraction of sp³-hybridized carbons (Fsp3) is 0.417. The highest BCUT2D eigenvalue weighted by atomic mass is 19.1. The number of benzene rings is 1. The molecule has 2 rings (SSSR count). The maximum Gasteiger partial charge on any atom is 0.123 e. The van der Waals surface area contributed by atoms with Crippen LogP contribution in [0.25, 0.3) is 0 Å². The highest BCUT2D eigenvalue weighted by molar-refractivity contribution is 5.22. The summed E-state index contributed by atoms with van der Waals surface area (Å²) in [6, 6.07) is 8.96. The van der Waals surface area contributed by atoms with Gasteiger partial charge in [-0.15, -0.1) is 0 Å². The van der Waals surface area contributed by atoms with Crippen LogP contribution in [0.3, 0.4) is 0 Å². The van der Waals surface area contributed by atoms with Crippen molar-refractivity contribution in [2.45, 2.75) is 25.2 Å². The van der Waals surface area contributed by atoms with E-state index >= 15 is 0 Å². The number of hydrogen-bond donors (Lipinski definition) is 0. The average molecular weight is 189 g/mol. The molecule has 1 fully saturated rings. The predicted octanol–water partition coefficient (Wildman–Crippen LogP) is 3.23. The third-order valence-electron chi connectivity index (χ3n) is 2.96. The fourth-order valence-corrected chi connectivity index (χ4v) is 2.14. The molecule has 0 aliphatic heterocycles. The molecule has 1 aliphatic rings. The Hall–Kier alpha value is -1.36. The Morgan fingerprint density at radius 2 is 1.93 bits per heavy atom. The van der Waals surface area contributed by atoms with Crippen LogP contribution < -0.4 is 0 Å². The van der Waals surface area contributed by atoms with Crippen LogP contribution >= 0.6 is 0 Å². The topological polar surface area (TPSA) is 23.8 Å². The van der Waals surface area contributed by atoms with Gasteiger partial charge in [-0.1, -0.05) is 12.1 Å². The summed E-state index contributed by atoms with van der Waals surface area (Å²) >= 11 is 0. The fourth-order valence-electron chi connectivity index (χ4n) is 2.14. The largest absolute Gasteiger partial charge is 0.207 e. The van der Waals surface area contributed by atoms with E-state index in [0.29, 0.717) is 5.92 Å². The Balaban J connectivity index is 2.10. The molecule has 0 aromatic heterocycles. The van der Waals surface area contributed by atoms with Gasteiger partial charge in [-0.05, 0) is 42.9 Å². The Morgan fingerprint density at radius 1 is 1.21 bits per heavy atom. The van der Waals surface area contributed by atoms with Gasteiger partial charge in [-0.3, -0.25) is 0 Å². The summed E-state index contributed by atoms with van der Waals surface area (Å²) in [5.41, 5.74) is 1.17. The normalized spacial score (nSPS) is 26.0. The molecule has 1 aromatic carbocycles. The minimum Gasteiger partial charge on any atom is -0.207 e. The first-order valence-corrected chi connectivity index (χ1v) is 4.94. The van der Waals surface area contributed by atoms with Crippen molar-refractivity contribution >= 4 is 0 Å². The summed E-state index contributed by atoms with van der Waals surface area (Å²) in [6.07, 6.45) is 2.98. The summed E-state index contributed by atoms with van der Waals surface area (Å²) in [5, 5.41) is 8.76. The van der Waals surface area contributed by atoms with Crippen LogP contribution in [-0.4, -0.2) is 0 Å². The molecule has 14 heavy (non-hydrogen) atoms. The molecule has 2 heteroatoms. The van der Waals surface area contributed by atoms with E-state index in [1.165, 1.54) is 17.7 Å². The van der Waals surface area contributed by atoms with Crippen LogP contribution in [0.4, 0.5) is 4.39 Å². The summed E-state index contributed by atoms with van der Waals surface area (Å²) in [6.45, 7) is 0. The van der Waals surface area contributed by atoms with Crippen molar-refractivity contribution in [3.63, 3.8) is 0 Å². The van der Waals surface area contributed by atoms with Gasteiger partial charge in [0.05, 0.1) is 6.07 Å². The number of nitriles is 1. The van der Waals surface area contributed by atoms with E-state index in [2.05, 4.69) is 6.07 Å². The first-order valence-electron chi connectivity index (χ1n) is 4.94. The zero-order chi connectivity index (χ0) is 9.97. The lowest BCUT2D eigenvalue weighted by atomic mass is 9.97. The van der Waals surface area contributed by atoms with Gasteiger partial charge in [-0.25, -0.2) is 4.39 Å². The highest BCUT2D eigenvalue weighted by Gasteiger charge is 2.25. The molecule has 0 heterocycles. The molecule has 2 unspecified atom stereocenters. The Labute approximate surface area is 83.2 Å². The van der Waals surface area contributed by atoms with Crippen molar-refractivity contribution in [3.8, 4) is 6.07 Å². The number of nitrogens with zero attached hydrogens (tertiary/aromatic N) is 1. The Bertz CT molecular complexity index is 350. The first kappa shape index (κ1) is 9.21. The summed E-state index contributed by atoms with van der Waals surface area (Å²) in [7, 11) is 0. The molecule has 0 bridgehead atoms. The third kappa shape index (κ3) is 1.77. The third-order valence-corrected chi connectivity index (χ3v) is 2.96. The van der Waals surface area contributed by atoms with E-state index in [0.717, 1.165) is 19.3 Å². The van der Waals surface area contributed by atoms with E-state index in [4.69, 9.17) is 5.26 Å². The highest BCUT2D eigenvalue weighted by Crippen LogP contribution is 2.37. The first-order chi connectivity index (χ1) is 6.79. The lowest BCUT2D eigenvalue weighted by molar-refractivity contribution is 0.623. The molecule has 1 saturated carbocycles. The molecule has 1 nitrogen and oxygen atoms in total. The zero-order valence-corrected chi connectivity index (χ0v) is 7.91. The molecule has 0 saturated heterocycles. The van der Waals surface area contributed by atoms with Crippen molar-refractivity contribution < 1.29 is 4.39 Å². The van der Waals surface area contributed by atoms with Crippen molar-refractivity contribution in [3.05, 3.63) is 35.6 Å². The number of halogens is 1. The maximum atomic E-state index is 12.7. The second kappa shape index (κ2) is 3.79. The van der Waals surface area contributed by atoms with Crippen LogP contribution in [0.2, 0.25) is 0 Å². The van der Waals surface area contributed by atoms with Gasteiger partial charge in [0.25, 0.3) is 0 Å². The molecule has 1 aliphatic carbocycles. The van der Waals surface area contributed by atoms with Gasteiger partial charge in [0.15, 0.2) is 0 Å². The quantitative estimate of drug-likeness (QED) is 0.665. The van der Waals surface area contributed by atoms with Gasteiger partial charge in [0, 0.05) is 5.92 Å². The second-order valence-corrected chi connectivity index (χ2v) is 3.89. The molecular weight excluding hydrogens is 177 g/mol. The van der Waals surface area contributed by atoms with Crippen LogP contribution in [0.5, 0.6) is 0 Å². The van der Waals surface area contributed by atoms with Gasteiger partial charge >= 0.3 is 0 Å². The molecule has 72 valence electrons. The van der Waals surface area contributed by atoms with Gasteiger partial charge in [0.2, 0.25) is 0 Å². The SMILES string of the molecule is N#CC1CCC(c2ccc(F)cc2)C1. The van der Waals surface area contributed by atoms with Gasteiger partial charge < -0.3 is 0 Å². The molecule has 2 atom stereocenters. The monoisotopic (exact) mass is 189 g/mol. The van der Waals surface area contributed by atoms with Crippen LogP contribution in [0.15, 0.2) is 24.3 Å². The molecular formula is C12H12FN. The molecule has 0 radical (unpaired) electrons. The summed E-state index contributed by atoms with van der Waals surface area (Å²) in [4.78, 5) is 0. The van der Waals surface area contributed by atoms with E-state index in [1.807, 2.05) is 12.1 Å².